The first-order valence-corrected chi connectivity index (χ1v) is 7.96. The van der Waals surface area contributed by atoms with E-state index in [4.69, 9.17) is 9.47 Å². The molecule has 0 spiro atoms. The van der Waals surface area contributed by atoms with Crippen LogP contribution in [0.25, 0.3) is 0 Å². The molecule has 1 amide bonds. The Balaban J connectivity index is 1.76. The Morgan fingerprint density at radius 3 is 3.04 bits per heavy atom. The summed E-state index contributed by atoms with van der Waals surface area (Å²) in [6.45, 7) is 1.52. The molecule has 126 valence electrons. The van der Waals surface area contributed by atoms with E-state index in [1.807, 2.05) is 12.1 Å². The van der Waals surface area contributed by atoms with Gasteiger partial charge in [-0.1, -0.05) is 12.1 Å². The van der Waals surface area contributed by atoms with Gasteiger partial charge in [-0.2, -0.15) is 0 Å². The van der Waals surface area contributed by atoms with Crippen molar-refractivity contribution in [3.05, 3.63) is 54.2 Å². The molecule has 1 unspecified atom stereocenters. The van der Waals surface area contributed by atoms with Crippen LogP contribution >= 0.6 is 0 Å². The Kier molecular flexibility index (Phi) is 5.40. The zero-order valence-corrected chi connectivity index (χ0v) is 13.3. The lowest BCUT2D eigenvalue weighted by Gasteiger charge is -2.35. The molecule has 2 aromatic rings. The number of hydrogen-bond donors (Lipinski definition) is 1. The summed E-state index contributed by atoms with van der Waals surface area (Å²) in [5.74, 6) is 0.960. The van der Waals surface area contributed by atoms with Crippen molar-refractivity contribution in [1.82, 2.24) is 9.88 Å². The van der Waals surface area contributed by atoms with E-state index < -0.39 is 0 Å². The highest BCUT2D eigenvalue weighted by Crippen LogP contribution is 2.22. The lowest BCUT2D eigenvalue weighted by atomic mass is 10.1. The molecule has 3 rings (SSSR count). The second-order valence-corrected chi connectivity index (χ2v) is 5.54. The van der Waals surface area contributed by atoms with Gasteiger partial charge >= 0.3 is 0 Å². The van der Waals surface area contributed by atoms with E-state index in [9.17, 15) is 9.90 Å². The fourth-order valence-corrected chi connectivity index (χ4v) is 2.70. The van der Waals surface area contributed by atoms with Crippen LogP contribution in [-0.4, -0.2) is 53.3 Å². The van der Waals surface area contributed by atoms with Crippen molar-refractivity contribution in [3.63, 3.8) is 0 Å². The molecule has 1 aromatic heterocycles. The van der Waals surface area contributed by atoms with Crippen LogP contribution in [0.1, 0.15) is 16.8 Å². The van der Waals surface area contributed by atoms with Gasteiger partial charge in [-0.25, -0.2) is 4.98 Å². The minimum absolute atomic E-state index is 0.0284. The molecule has 0 bridgehead atoms. The van der Waals surface area contributed by atoms with Gasteiger partial charge in [-0.15, -0.1) is 0 Å². The summed E-state index contributed by atoms with van der Waals surface area (Å²) in [5, 5.41) is 9.18. The number of rotatable bonds is 5. The van der Waals surface area contributed by atoms with Gasteiger partial charge < -0.3 is 19.5 Å². The van der Waals surface area contributed by atoms with Crippen LogP contribution in [0.4, 0.5) is 0 Å². The highest BCUT2D eigenvalue weighted by atomic mass is 16.5. The van der Waals surface area contributed by atoms with E-state index >= 15 is 0 Å². The number of benzene rings is 1. The number of aliphatic hydroxyl groups excluding tert-OH is 1. The summed E-state index contributed by atoms with van der Waals surface area (Å²) in [6, 6.07) is 12.4. The zero-order valence-electron chi connectivity index (χ0n) is 13.3. The van der Waals surface area contributed by atoms with Crippen LogP contribution in [-0.2, 0) is 4.74 Å². The molecule has 1 fully saturated rings. The first-order chi connectivity index (χ1) is 11.8. The number of aliphatic hydroxyl groups is 1. The van der Waals surface area contributed by atoms with Crippen molar-refractivity contribution in [3.8, 4) is 11.6 Å². The number of pyridine rings is 1. The monoisotopic (exact) mass is 328 g/mol. The van der Waals surface area contributed by atoms with Crippen LogP contribution in [0, 0.1) is 0 Å². The molecule has 1 N–H and O–H groups in total. The maximum absolute atomic E-state index is 12.8. The standard InChI is InChI=1S/C18H20N2O4/c21-10-7-15-13-23-11-9-20(15)18(22)14-4-3-5-16(12-14)24-17-6-1-2-8-19-17/h1-6,8,12,15,21H,7,9-11,13H2. The lowest BCUT2D eigenvalue weighted by Crippen LogP contribution is -2.49. The lowest BCUT2D eigenvalue weighted by molar-refractivity contribution is -0.00830. The zero-order chi connectivity index (χ0) is 16.8. The van der Waals surface area contributed by atoms with Crippen LogP contribution in [0.5, 0.6) is 11.6 Å². The molecule has 1 saturated heterocycles. The number of carbonyl (C=O) groups excluding carboxylic acids is 1. The molecule has 24 heavy (non-hydrogen) atoms. The number of amides is 1. The van der Waals surface area contributed by atoms with Crippen LogP contribution in [0.2, 0.25) is 0 Å². The average Bonchev–Trinajstić information content (AvgIpc) is 2.63. The topological polar surface area (TPSA) is 71.9 Å². The van der Waals surface area contributed by atoms with Crippen molar-refractivity contribution in [2.24, 2.45) is 0 Å². The predicted octanol–water partition coefficient (Wildman–Crippen LogP) is 2.10. The summed E-state index contributed by atoms with van der Waals surface area (Å²) in [4.78, 5) is 18.7. The van der Waals surface area contributed by atoms with E-state index in [-0.39, 0.29) is 18.6 Å². The van der Waals surface area contributed by atoms with Crippen LogP contribution in [0.3, 0.4) is 0 Å². The van der Waals surface area contributed by atoms with E-state index in [2.05, 4.69) is 4.98 Å². The van der Waals surface area contributed by atoms with Gasteiger partial charge in [0, 0.05) is 31.0 Å². The summed E-state index contributed by atoms with van der Waals surface area (Å²) in [6.07, 6.45) is 2.16. The summed E-state index contributed by atoms with van der Waals surface area (Å²) in [5.41, 5.74) is 0.549. The Morgan fingerprint density at radius 1 is 1.33 bits per heavy atom. The molecule has 0 saturated carbocycles. The highest BCUT2D eigenvalue weighted by Gasteiger charge is 2.27. The fraction of sp³-hybridized carbons (Fsp3) is 0.333. The van der Waals surface area contributed by atoms with Gasteiger partial charge in [-0.3, -0.25) is 4.79 Å². The van der Waals surface area contributed by atoms with Crippen molar-refractivity contribution in [2.75, 3.05) is 26.4 Å². The Labute approximate surface area is 140 Å². The molecule has 0 radical (unpaired) electrons. The molecule has 0 aliphatic carbocycles. The van der Waals surface area contributed by atoms with Crippen molar-refractivity contribution in [1.29, 1.82) is 0 Å². The summed E-state index contributed by atoms with van der Waals surface area (Å²) in [7, 11) is 0. The van der Waals surface area contributed by atoms with Gasteiger partial charge in [-0.05, 0) is 30.7 Å². The molecule has 1 aliphatic heterocycles. The summed E-state index contributed by atoms with van der Waals surface area (Å²) >= 11 is 0. The van der Waals surface area contributed by atoms with E-state index in [1.165, 1.54) is 0 Å². The number of hydrogen-bond acceptors (Lipinski definition) is 5. The number of aromatic nitrogens is 1. The second kappa shape index (κ2) is 7.90. The molecule has 1 aromatic carbocycles. The normalized spacial score (nSPS) is 17.5. The van der Waals surface area contributed by atoms with Crippen LogP contribution < -0.4 is 4.74 Å². The largest absolute Gasteiger partial charge is 0.439 e. The smallest absolute Gasteiger partial charge is 0.254 e. The first kappa shape index (κ1) is 16.4. The third-order valence-electron chi connectivity index (χ3n) is 3.89. The Morgan fingerprint density at radius 2 is 2.25 bits per heavy atom. The Hall–Kier alpha value is -2.44. The Bertz CT molecular complexity index is 676. The van der Waals surface area contributed by atoms with E-state index in [0.717, 1.165) is 0 Å². The number of nitrogens with zero attached hydrogens (tertiary/aromatic N) is 2. The summed E-state index contributed by atoms with van der Waals surface area (Å²) < 4.78 is 11.1. The molecule has 6 heteroatoms. The minimum Gasteiger partial charge on any atom is -0.439 e. The minimum atomic E-state index is -0.100. The third-order valence-corrected chi connectivity index (χ3v) is 3.89. The first-order valence-electron chi connectivity index (χ1n) is 7.96. The van der Waals surface area contributed by atoms with Gasteiger partial charge in [0.1, 0.15) is 5.75 Å². The molecule has 6 nitrogen and oxygen atoms in total. The number of ether oxygens (including phenoxy) is 2. The SMILES string of the molecule is O=C(c1cccc(Oc2ccccn2)c1)N1CCOCC1CCO. The van der Waals surface area contributed by atoms with E-state index in [0.29, 0.717) is 43.4 Å². The third kappa shape index (κ3) is 3.90. The molecular formula is C18H20N2O4. The molecule has 2 heterocycles. The molecule has 1 atom stereocenters. The maximum atomic E-state index is 12.8. The van der Waals surface area contributed by atoms with Crippen LogP contribution in [0.15, 0.2) is 48.7 Å². The van der Waals surface area contributed by atoms with Gasteiger partial charge in [0.15, 0.2) is 0 Å². The quantitative estimate of drug-likeness (QED) is 0.910. The number of carbonyl (C=O) groups is 1. The second-order valence-electron chi connectivity index (χ2n) is 5.54. The van der Waals surface area contributed by atoms with Crippen molar-refractivity contribution < 1.29 is 19.4 Å². The highest BCUT2D eigenvalue weighted by molar-refractivity contribution is 5.95. The van der Waals surface area contributed by atoms with Gasteiger partial charge in [0.25, 0.3) is 5.91 Å². The molecular weight excluding hydrogens is 308 g/mol. The van der Waals surface area contributed by atoms with Crippen molar-refractivity contribution >= 4 is 5.91 Å². The molecule has 1 aliphatic rings. The van der Waals surface area contributed by atoms with Crippen molar-refractivity contribution in [2.45, 2.75) is 12.5 Å². The fourth-order valence-electron chi connectivity index (χ4n) is 2.70. The predicted molar refractivity (Wildman–Crippen MR) is 88.1 cm³/mol. The maximum Gasteiger partial charge on any atom is 0.254 e. The van der Waals surface area contributed by atoms with E-state index in [1.54, 1.807) is 41.4 Å². The van der Waals surface area contributed by atoms with Gasteiger partial charge in [0.2, 0.25) is 5.88 Å². The van der Waals surface area contributed by atoms with Gasteiger partial charge in [0.05, 0.1) is 19.3 Å². The average molecular weight is 328 g/mol. The number of morpholine rings is 1.